The fourth-order valence-corrected chi connectivity index (χ4v) is 6.75. The second kappa shape index (κ2) is 15.4. The predicted octanol–water partition coefficient (Wildman–Crippen LogP) is 6.71. The molecule has 0 radical (unpaired) electrons. The number of hydrogen-bond donors (Lipinski definition) is 1. The molecular formula is C34H35BrClN3O4S. The van der Waals surface area contributed by atoms with E-state index < -0.39 is 28.5 Å². The Balaban J connectivity index is 1.79. The van der Waals surface area contributed by atoms with Gasteiger partial charge in [-0.25, -0.2) is 8.42 Å². The fourth-order valence-electron chi connectivity index (χ4n) is 4.69. The zero-order valence-corrected chi connectivity index (χ0v) is 27.7. The Morgan fingerprint density at radius 1 is 0.841 bits per heavy atom. The number of nitrogens with one attached hydrogen (secondary N) is 1. The molecule has 0 fully saturated rings. The lowest BCUT2D eigenvalue weighted by atomic mass is 10.0. The molecule has 2 amide bonds. The molecule has 7 nitrogen and oxygen atoms in total. The average molecular weight is 697 g/mol. The second-order valence-corrected chi connectivity index (χ2v) is 14.0. The van der Waals surface area contributed by atoms with Crippen LogP contribution < -0.4 is 9.62 Å². The van der Waals surface area contributed by atoms with Gasteiger partial charge < -0.3 is 10.2 Å². The molecule has 0 bridgehead atoms. The minimum Gasteiger partial charge on any atom is -0.354 e. The Morgan fingerprint density at radius 2 is 1.48 bits per heavy atom. The van der Waals surface area contributed by atoms with E-state index in [-0.39, 0.29) is 35.4 Å². The van der Waals surface area contributed by atoms with Gasteiger partial charge in [0.2, 0.25) is 11.8 Å². The van der Waals surface area contributed by atoms with Gasteiger partial charge in [0.05, 0.1) is 10.6 Å². The molecule has 1 atom stereocenters. The lowest BCUT2D eigenvalue weighted by Crippen LogP contribution is -2.53. The number of sulfonamides is 1. The van der Waals surface area contributed by atoms with Crippen LogP contribution in [-0.4, -0.2) is 44.3 Å². The summed E-state index contributed by atoms with van der Waals surface area (Å²) < 4.78 is 29.9. The highest BCUT2D eigenvalue weighted by Crippen LogP contribution is 2.27. The molecule has 4 aromatic rings. The van der Waals surface area contributed by atoms with Gasteiger partial charge in [0, 0.05) is 29.0 Å². The third kappa shape index (κ3) is 8.94. The predicted molar refractivity (Wildman–Crippen MR) is 179 cm³/mol. The minimum absolute atomic E-state index is 0.0295. The highest BCUT2D eigenvalue weighted by Gasteiger charge is 2.34. The summed E-state index contributed by atoms with van der Waals surface area (Å²) in [5.41, 5.74) is 1.89. The molecule has 0 heterocycles. The van der Waals surface area contributed by atoms with Gasteiger partial charge in [0.1, 0.15) is 12.6 Å². The fraction of sp³-hybridized carbons (Fsp3) is 0.235. The summed E-state index contributed by atoms with van der Waals surface area (Å²) >= 11 is 9.77. The van der Waals surface area contributed by atoms with Crippen LogP contribution in [0.4, 0.5) is 5.69 Å². The van der Waals surface area contributed by atoms with Crippen molar-refractivity contribution in [1.29, 1.82) is 0 Å². The van der Waals surface area contributed by atoms with Crippen molar-refractivity contribution in [2.24, 2.45) is 5.92 Å². The summed E-state index contributed by atoms with van der Waals surface area (Å²) in [7, 11) is -4.19. The SMILES string of the molecule is CC(C)CNC(=O)[C@@H](Cc1ccccc1)N(Cc1cccc(Br)c1)C(=O)CN(c1cccc(Cl)c1)S(=O)(=O)c1ccccc1. The van der Waals surface area contributed by atoms with Gasteiger partial charge in [-0.15, -0.1) is 0 Å². The summed E-state index contributed by atoms with van der Waals surface area (Å²) in [6.07, 6.45) is 0.243. The largest absolute Gasteiger partial charge is 0.354 e. The van der Waals surface area contributed by atoms with E-state index in [4.69, 9.17) is 11.6 Å². The number of anilines is 1. The normalized spacial score (nSPS) is 12.0. The Hall–Kier alpha value is -3.66. The number of benzene rings is 4. The molecule has 0 aliphatic rings. The first-order chi connectivity index (χ1) is 21.0. The van der Waals surface area contributed by atoms with Crippen molar-refractivity contribution in [2.45, 2.75) is 37.8 Å². The summed E-state index contributed by atoms with van der Waals surface area (Å²) in [4.78, 5) is 29.8. The van der Waals surface area contributed by atoms with Crippen molar-refractivity contribution >= 4 is 55.1 Å². The molecule has 44 heavy (non-hydrogen) atoms. The van der Waals surface area contributed by atoms with Crippen molar-refractivity contribution in [1.82, 2.24) is 10.2 Å². The van der Waals surface area contributed by atoms with Gasteiger partial charge in [-0.3, -0.25) is 13.9 Å². The molecule has 0 saturated carbocycles. The van der Waals surface area contributed by atoms with Gasteiger partial charge in [0.15, 0.2) is 0 Å². The van der Waals surface area contributed by atoms with Crippen molar-refractivity contribution in [3.8, 4) is 0 Å². The van der Waals surface area contributed by atoms with Gasteiger partial charge in [-0.1, -0.05) is 108 Å². The van der Waals surface area contributed by atoms with E-state index in [0.717, 1.165) is 19.9 Å². The van der Waals surface area contributed by atoms with E-state index in [0.29, 0.717) is 11.6 Å². The number of hydrogen-bond acceptors (Lipinski definition) is 4. The van der Waals surface area contributed by atoms with Crippen molar-refractivity contribution in [3.05, 3.63) is 130 Å². The maximum atomic E-state index is 14.4. The van der Waals surface area contributed by atoms with Crippen LogP contribution in [0.5, 0.6) is 0 Å². The Labute approximate surface area is 273 Å². The van der Waals surface area contributed by atoms with E-state index in [1.807, 2.05) is 68.4 Å². The standard InChI is InChI=1S/C34H35BrClN3O4S/c1-25(2)22-37-34(41)32(20-26-11-5-3-6-12-26)38(23-27-13-9-14-28(35)19-27)33(40)24-39(30-16-10-15-29(36)21-30)44(42,43)31-17-7-4-8-18-31/h3-19,21,25,32H,20,22-24H2,1-2H3,(H,37,41)/t32-/m1/s1. The van der Waals surface area contributed by atoms with Crippen molar-refractivity contribution in [2.75, 3.05) is 17.4 Å². The van der Waals surface area contributed by atoms with E-state index in [2.05, 4.69) is 21.2 Å². The number of rotatable bonds is 13. The number of halogens is 2. The van der Waals surface area contributed by atoms with Crippen LogP contribution in [0.1, 0.15) is 25.0 Å². The Bertz CT molecular complexity index is 1670. The summed E-state index contributed by atoms with van der Waals surface area (Å²) in [6, 6.07) is 30.3. The highest BCUT2D eigenvalue weighted by molar-refractivity contribution is 9.10. The van der Waals surface area contributed by atoms with Crippen molar-refractivity contribution < 1.29 is 18.0 Å². The molecule has 0 spiro atoms. The molecule has 1 N–H and O–H groups in total. The molecular weight excluding hydrogens is 662 g/mol. The average Bonchev–Trinajstić information content (AvgIpc) is 3.01. The first-order valence-electron chi connectivity index (χ1n) is 14.2. The number of carbonyl (C=O) groups is 2. The maximum Gasteiger partial charge on any atom is 0.264 e. The van der Waals surface area contributed by atoms with Crippen LogP contribution in [0.15, 0.2) is 119 Å². The molecule has 10 heteroatoms. The lowest BCUT2D eigenvalue weighted by Gasteiger charge is -2.34. The number of nitrogens with zero attached hydrogens (tertiary/aromatic N) is 2. The van der Waals surface area contributed by atoms with Crippen LogP contribution in [0.2, 0.25) is 5.02 Å². The molecule has 0 aromatic heterocycles. The molecule has 0 aliphatic carbocycles. The number of carbonyl (C=O) groups excluding carboxylic acids is 2. The van der Waals surface area contributed by atoms with E-state index in [9.17, 15) is 18.0 Å². The third-order valence-electron chi connectivity index (χ3n) is 6.90. The smallest absolute Gasteiger partial charge is 0.264 e. The Kier molecular flexibility index (Phi) is 11.6. The summed E-state index contributed by atoms with van der Waals surface area (Å²) in [6.45, 7) is 3.95. The summed E-state index contributed by atoms with van der Waals surface area (Å²) in [5, 5.41) is 3.32. The zero-order chi connectivity index (χ0) is 31.7. The molecule has 0 aliphatic heterocycles. The topological polar surface area (TPSA) is 86.8 Å². The molecule has 4 aromatic carbocycles. The van der Waals surface area contributed by atoms with Gasteiger partial charge in [-0.05, 0) is 59.5 Å². The molecule has 4 rings (SSSR count). The minimum atomic E-state index is -4.19. The van der Waals surface area contributed by atoms with Crippen LogP contribution in [0.3, 0.4) is 0 Å². The monoisotopic (exact) mass is 695 g/mol. The highest BCUT2D eigenvalue weighted by atomic mass is 79.9. The first kappa shape index (κ1) is 33.2. The van der Waals surface area contributed by atoms with E-state index in [1.54, 1.807) is 36.4 Å². The molecule has 0 saturated heterocycles. The van der Waals surface area contributed by atoms with Crippen LogP contribution in [0.25, 0.3) is 0 Å². The number of amides is 2. The van der Waals surface area contributed by atoms with Crippen LogP contribution in [0, 0.1) is 5.92 Å². The second-order valence-electron chi connectivity index (χ2n) is 10.8. The van der Waals surface area contributed by atoms with Crippen molar-refractivity contribution in [3.63, 3.8) is 0 Å². The third-order valence-corrected chi connectivity index (χ3v) is 9.42. The molecule has 0 unspecified atom stereocenters. The van der Waals surface area contributed by atoms with Gasteiger partial charge in [0.25, 0.3) is 10.0 Å². The Morgan fingerprint density at radius 3 is 2.11 bits per heavy atom. The molecule has 230 valence electrons. The summed E-state index contributed by atoms with van der Waals surface area (Å²) in [5.74, 6) is -0.656. The van der Waals surface area contributed by atoms with E-state index >= 15 is 0 Å². The maximum absolute atomic E-state index is 14.4. The quantitative estimate of drug-likeness (QED) is 0.168. The van der Waals surface area contributed by atoms with Gasteiger partial charge >= 0.3 is 0 Å². The van der Waals surface area contributed by atoms with Crippen LogP contribution >= 0.6 is 27.5 Å². The van der Waals surface area contributed by atoms with Crippen LogP contribution in [-0.2, 0) is 32.6 Å². The first-order valence-corrected chi connectivity index (χ1v) is 16.8. The van der Waals surface area contributed by atoms with E-state index in [1.165, 1.54) is 23.1 Å². The van der Waals surface area contributed by atoms with Gasteiger partial charge in [-0.2, -0.15) is 0 Å². The zero-order valence-electron chi connectivity index (χ0n) is 24.6. The lowest BCUT2D eigenvalue weighted by molar-refractivity contribution is -0.140.